The van der Waals surface area contributed by atoms with Gasteiger partial charge in [0.1, 0.15) is 0 Å². The van der Waals surface area contributed by atoms with Crippen molar-refractivity contribution < 1.29 is 27.9 Å². The number of hydrogen-bond donors (Lipinski definition) is 5. The van der Waals surface area contributed by atoms with Crippen LogP contribution < -0.4 is 20.7 Å². The Morgan fingerprint density at radius 3 is 1.77 bits per heavy atom. The molecule has 43 heavy (non-hydrogen) atoms. The van der Waals surface area contributed by atoms with Crippen LogP contribution in [0.25, 0.3) is 0 Å². The fourth-order valence-corrected chi connectivity index (χ4v) is 5.61. The number of carbonyl (C=O) groups is 3. The largest absolute Gasteiger partial charge is 0.478 e. The van der Waals surface area contributed by atoms with E-state index in [0.29, 0.717) is 28.8 Å². The van der Waals surface area contributed by atoms with Crippen LogP contribution in [-0.2, 0) is 16.4 Å². The van der Waals surface area contributed by atoms with Crippen LogP contribution in [0.2, 0.25) is 0 Å². The zero-order valence-electron chi connectivity index (χ0n) is 23.6. The summed E-state index contributed by atoms with van der Waals surface area (Å²) in [5.74, 6) is -1.11. The minimum Gasteiger partial charge on any atom is -0.478 e. The van der Waals surface area contributed by atoms with Gasteiger partial charge in [0.25, 0.3) is 10.0 Å². The van der Waals surface area contributed by atoms with E-state index in [1.54, 1.807) is 91.9 Å². The summed E-state index contributed by atoms with van der Waals surface area (Å²) in [7, 11) is -4.19. The second-order valence-electron chi connectivity index (χ2n) is 9.76. The Balaban J connectivity index is 1.66. The van der Waals surface area contributed by atoms with Crippen LogP contribution in [0.5, 0.6) is 0 Å². The molecule has 2 atom stereocenters. The predicted molar refractivity (Wildman–Crippen MR) is 163 cm³/mol. The van der Waals surface area contributed by atoms with Crippen molar-refractivity contribution in [2.24, 2.45) is 0 Å². The quantitative estimate of drug-likeness (QED) is 0.161. The van der Waals surface area contributed by atoms with Crippen molar-refractivity contribution in [1.82, 2.24) is 15.4 Å². The molecule has 11 heteroatoms. The van der Waals surface area contributed by atoms with E-state index < -0.39 is 40.1 Å². The van der Waals surface area contributed by atoms with E-state index in [-0.39, 0.29) is 10.5 Å². The predicted octanol–water partition coefficient (Wildman–Crippen LogP) is 5.55. The van der Waals surface area contributed by atoms with E-state index in [1.165, 1.54) is 18.2 Å². The molecule has 222 valence electrons. The first kappa shape index (κ1) is 30.8. The average molecular weight is 601 g/mol. The van der Waals surface area contributed by atoms with Gasteiger partial charge in [-0.25, -0.2) is 27.5 Å². The van der Waals surface area contributed by atoms with E-state index >= 15 is 0 Å². The van der Waals surface area contributed by atoms with E-state index in [0.717, 1.165) is 5.56 Å². The lowest BCUT2D eigenvalue weighted by Crippen LogP contribution is -2.46. The number of benzene rings is 4. The monoisotopic (exact) mass is 600 g/mol. The van der Waals surface area contributed by atoms with Crippen LogP contribution in [0.3, 0.4) is 0 Å². The van der Waals surface area contributed by atoms with Crippen LogP contribution in [0, 0.1) is 6.92 Å². The van der Waals surface area contributed by atoms with Crippen molar-refractivity contribution in [2.75, 3.05) is 5.32 Å². The second kappa shape index (κ2) is 13.7. The number of amides is 4. The Morgan fingerprint density at radius 1 is 0.721 bits per heavy atom. The van der Waals surface area contributed by atoms with Gasteiger partial charge in [-0.3, -0.25) is 0 Å². The summed E-state index contributed by atoms with van der Waals surface area (Å²) in [5, 5.41) is 18.0. The molecule has 0 aromatic heterocycles. The number of aromatic carboxylic acids is 1. The molecule has 0 heterocycles. The number of aryl methyl sites for hydroxylation is 1. The fourth-order valence-electron chi connectivity index (χ4n) is 4.69. The lowest BCUT2D eigenvalue weighted by atomic mass is 9.93. The number of carboxylic acid groups (broad SMARTS) is 1. The highest BCUT2D eigenvalue weighted by atomic mass is 32.2. The van der Waals surface area contributed by atoms with Crippen LogP contribution in [-0.4, -0.2) is 31.6 Å². The van der Waals surface area contributed by atoms with Gasteiger partial charge < -0.3 is 21.1 Å². The molecule has 0 radical (unpaired) electrons. The van der Waals surface area contributed by atoms with E-state index in [4.69, 9.17) is 0 Å². The maximum atomic E-state index is 13.4. The third kappa shape index (κ3) is 7.77. The normalized spacial score (nSPS) is 12.4. The van der Waals surface area contributed by atoms with Crippen molar-refractivity contribution in [2.45, 2.75) is 37.2 Å². The molecule has 2 unspecified atom stereocenters. The van der Waals surface area contributed by atoms with Gasteiger partial charge in [0.15, 0.2) is 0 Å². The number of carboxylic acids is 1. The van der Waals surface area contributed by atoms with Gasteiger partial charge in [-0.05, 0) is 54.3 Å². The number of sulfonamides is 1. The van der Waals surface area contributed by atoms with Crippen LogP contribution in [0.4, 0.5) is 15.3 Å². The standard InChI is InChI=1S/C32H32N4O6S/c1-3-25-26(30(37)38)15-10-16-27(25)33-31(39)34-28(22-11-6-4-7-12-22)29(23-13-8-5-9-14-23)35-32(40)36-43(41,42)24-19-17-21(2)18-20-24/h4-20,28-29H,3H2,1-2H3,(H,37,38)(H2,33,34,39)(H2,35,36,40). The molecule has 0 saturated heterocycles. The summed E-state index contributed by atoms with van der Waals surface area (Å²) in [6.07, 6.45) is 0.365. The maximum absolute atomic E-state index is 13.4. The molecule has 4 rings (SSSR count). The fraction of sp³-hybridized carbons (Fsp3) is 0.156. The molecule has 0 aliphatic heterocycles. The number of carbonyl (C=O) groups excluding carboxylic acids is 2. The van der Waals surface area contributed by atoms with Crippen molar-refractivity contribution in [1.29, 1.82) is 0 Å². The molecule has 0 aliphatic carbocycles. The average Bonchev–Trinajstić information content (AvgIpc) is 2.99. The summed E-state index contributed by atoms with van der Waals surface area (Å²) < 4.78 is 27.9. The van der Waals surface area contributed by atoms with Crippen LogP contribution in [0.15, 0.2) is 108 Å². The molecule has 0 aliphatic rings. The summed E-state index contributed by atoms with van der Waals surface area (Å²) >= 11 is 0. The van der Waals surface area contributed by atoms with Gasteiger partial charge in [-0.1, -0.05) is 91.3 Å². The Hall–Kier alpha value is -5.16. The lowest BCUT2D eigenvalue weighted by Gasteiger charge is -2.30. The van der Waals surface area contributed by atoms with Crippen molar-refractivity contribution in [3.63, 3.8) is 0 Å². The van der Waals surface area contributed by atoms with Gasteiger partial charge in [0.05, 0.1) is 22.5 Å². The van der Waals surface area contributed by atoms with Crippen molar-refractivity contribution >= 4 is 33.7 Å². The first-order valence-corrected chi connectivity index (χ1v) is 15.0. The molecular weight excluding hydrogens is 568 g/mol. The highest BCUT2D eigenvalue weighted by Gasteiger charge is 2.30. The minimum atomic E-state index is -4.19. The number of urea groups is 2. The first-order chi connectivity index (χ1) is 20.6. The molecular formula is C32H32N4O6S. The molecule has 5 N–H and O–H groups in total. The summed E-state index contributed by atoms with van der Waals surface area (Å²) in [6, 6.07) is 25.0. The minimum absolute atomic E-state index is 0.0723. The number of nitrogens with one attached hydrogen (secondary N) is 4. The van der Waals surface area contributed by atoms with E-state index in [9.17, 15) is 27.9 Å². The van der Waals surface area contributed by atoms with E-state index in [2.05, 4.69) is 20.7 Å². The van der Waals surface area contributed by atoms with E-state index in [1.807, 2.05) is 6.92 Å². The Kier molecular flexibility index (Phi) is 9.79. The topological polar surface area (TPSA) is 154 Å². The molecule has 4 amide bonds. The van der Waals surface area contributed by atoms with Crippen molar-refractivity contribution in [3.05, 3.63) is 131 Å². The maximum Gasteiger partial charge on any atom is 0.336 e. The number of anilines is 1. The highest BCUT2D eigenvalue weighted by Crippen LogP contribution is 2.30. The molecule has 4 aromatic rings. The summed E-state index contributed by atoms with van der Waals surface area (Å²) in [6.45, 7) is 3.61. The second-order valence-corrected chi connectivity index (χ2v) is 11.4. The lowest BCUT2D eigenvalue weighted by molar-refractivity contribution is 0.0695. The van der Waals surface area contributed by atoms with Gasteiger partial charge >= 0.3 is 18.0 Å². The van der Waals surface area contributed by atoms with Crippen LogP contribution in [0.1, 0.15) is 51.6 Å². The Labute approximate surface area is 250 Å². The van der Waals surface area contributed by atoms with Gasteiger partial charge in [-0.15, -0.1) is 0 Å². The number of rotatable bonds is 10. The smallest absolute Gasteiger partial charge is 0.336 e. The third-order valence-corrected chi connectivity index (χ3v) is 8.14. The molecule has 0 fully saturated rings. The third-order valence-electron chi connectivity index (χ3n) is 6.79. The molecule has 10 nitrogen and oxygen atoms in total. The highest BCUT2D eigenvalue weighted by molar-refractivity contribution is 7.90. The zero-order valence-corrected chi connectivity index (χ0v) is 24.4. The molecule has 0 bridgehead atoms. The molecule has 0 saturated carbocycles. The van der Waals surface area contributed by atoms with Crippen LogP contribution >= 0.6 is 0 Å². The van der Waals surface area contributed by atoms with Gasteiger partial charge in [-0.2, -0.15) is 0 Å². The molecule has 4 aromatic carbocycles. The molecule has 0 spiro atoms. The zero-order chi connectivity index (χ0) is 31.0. The SMILES string of the molecule is CCc1c(NC(=O)NC(c2ccccc2)C(NC(=O)NS(=O)(=O)c2ccc(C)cc2)c2ccccc2)cccc1C(=O)O. The van der Waals surface area contributed by atoms with Gasteiger partial charge in [0.2, 0.25) is 0 Å². The first-order valence-electron chi connectivity index (χ1n) is 13.5. The Morgan fingerprint density at radius 2 is 1.26 bits per heavy atom. The summed E-state index contributed by atoms with van der Waals surface area (Å²) in [4.78, 5) is 38.3. The van der Waals surface area contributed by atoms with Gasteiger partial charge in [0, 0.05) is 5.69 Å². The van der Waals surface area contributed by atoms with Crippen molar-refractivity contribution in [3.8, 4) is 0 Å². The number of hydrogen-bond acceptors (Lipinski definition) is 5. The summed E-state index contributed by atoms with van der Waals surface area (Å²) in [5.41, 5.74) is 2.96. The Bertz CT molecular complexity index is 1700.